The molecule has 0 bridgehead atoms. The number of anilines is 1. The topological polar surface area (TPSA) is 155 Å². The molecule has 0 aliphatic rings. The Morgan fingerprint density at radius 3 is 2.09 bits per heavy atom. The van der Waals surface area contributed by atoms with E-state index in [0.29, 0.717) is 5.82 Å². The Hall–Kier alpha value is -4.93. The second-order valence-corrected chi connectivity index (χ2v) is 6.70. The molecule has 0 radical (unpaired) electrons. The van der Waals surface area contributed by atoms with Crippen LogP contribution in [0, 0.1) is 20.2 Å². The second-order valence-electron chi connectivity index (χ2n) is 6.70. The highest BCUT2D eigenvalue weighted by atomic mass is 16.6. The molecule has 0 saturated heterocycles. The van der Waals surface area contributed by atoms with Gasteiger partial charge in [-0.2, -0.15) is 0 Å². The van der Waals surface area contributed by atoms with Gasteiger partial charge in [-0.05, 0) is 35.4 Å². The number of aromatic nitrogens is 1. The van der Waals surface area contributed by atoms with Crippen molar-refractivity contribution >= 4 is 41.2 Å². The van der Waals surface area contributed by atoms with E-state index in [0.717, 1.165) is 29.3 Å². The van der Waals surface area contributed by atoms with Crippen LogP contribution in [0.4, 0.5) is 17.2 Å². The van der Waals surface area contributed by atoms with E-state index in [1.807, 2.05) is 0 Å². The Morgan fingerprint density at radius 2 is 1.52 bits per heavy atom. The number of nitro benzene ring substituents is 2. The lowest BCUT2D eigenvalue weighted by Crippen LogP contribution is -2.09. The minimum Gasteiger partial charge on any atom is -0.423 e. The van der Waals surface area contributed by atoms with Gasteiger partial charge in [0.15, 0.2) is 0 Å². The maximum Gasteiger partial charge on any atom is 0.344 e. The summed E-state index contributed by atoms with van der Waals surface area (Å²) in [5.74, 6) is -0.614. The van der Waals surface area contributed by atoms with Gasteiger partial charge in [0.05, 0.1) is 21.5 Å². The van der Waals surface area contributed by atoms with Gasteiger partial charge in [0.25, 0.3) is 11.4 Å². The van der Waals surface area contributed by atoms with Crippen LogP contribution < -0.4 is 10.1 Å². The zero-order valence-electron chi connectivity index (χ0n) is 17.1. The lowest BCUT2D eigenvalue weighted by molar-refractivity contribution is -0.394. The highest BCUT2D eigenvalue weighted by molar-refractivity contribution is 5.92. The van der Waals surface area contributed by atoms with E-state index in [4.69, 9.17) is 4.74 Å². The maximum absolute atomic E-state index is 12.4. The third-order valence-corrected chi connectivity index (χ3v) is 4.21. The van der Waals surface area contributed by atoms with Crippen molar-refractivity contribution in [2.24, 2.45) is 0 Å². The van der Waals surface area contributed by atoms with Crippen molar-refractivity contribution in [1.29, 1.82) is 0 Å². The molecule has 1 N–H and O–H groups in total. The number of hydrogen-bond acceptors (Lipinski definition) is 8. The zero-order chi connectivity index (χ0) is 24.0. The molecule has 3 aromatic rings. The molecule has 33 heavy (non-hydrogen) atoms. The number of benzene rings is 2. The van der Waals surface area contributed by atoms with Crippen molar-refractivity contribution < 1.29 is 24.2 Å². The van der Waals surface area contributed by atoms with Gasteiger partial charge in [-0.3, -0.25) is 25.0 Å². The maximum atomic E-state index is 12.4. The summed E-state index contributed by atoms with van der Waals surface area (Å²) in [6, 6.07) is 12.4. The molecule has 0 fully saturated rings. The van der Waals surface area contributed by atoms with Crippen LogP contribution in [0.3, 0.4) is 0 Å². The minimum atomic E-state index is -0.965. The molecule has 1 heterocycles. The van der Waals surface area contributed by atoms with Crippen LogP contribution in [0.15, 0.2) is 60.8 Å². The fraction of sp³-hybridized carbons (Fsp3) is 0.0455. The predicted molar refractivity (Wildman–Crippen MR) is 119 cm³/mol. The molecule has 0 aliphatic heterocycles. The summed E-state index contributed by atoms with van der Waals surface area (Å²) in [5, 5.41) is 24.6. The van der Waals surface area contributed by atoms with Gasteiger partial charge in [-0.25, -0.2) is 9.78 Å². The molecule has 0 aliphatic carbocycles. The summed E-state index contributed by atoms with van der Waals surface area (Å²) in [6.07, 6.45) is 5.16. The summed E-state index contributed by atoms with van der Waals surface area (Å²) in [4.78, 5) is 47.8. The molecule has 2 aromatic carbocycles. The van der Waals surface area contributed by atoms with Crippen molar-refractivity contribution in [3.8, 4) is 5.75 Å². The Balaban J connectivity index is 1.72. The molecule has 0 atom stereocenters. The molecule has 11 nitrogen and oxygen atoms in total. The third-order valence-electron chi connectivity index (χ3n) is 4.21. The first-order valence-corrected chi connectivity index (χ1v) is 9.39. The first-order valence-electron chi connectivity index (χ1n) is 9.39. The van der Waals surface area contributed by atoms with Crippen LogP contribution in [-0.4, -0.2) is 26.7 Å². The molecule has 11 heteroatoms. The van der Waals surface area contributed by atoms with Crippen LogP contribution in [0.2, 0.25) is 0 Å². The molecule has 0 saturated carbocycles. The third kappa shape index (κ3) is 6.28. The average molecular weight is 448 g/mol. The van der Waals surface area contributed by atoms with E-state index in [1.165, 1.54) is 19.1 Å². The number of nitro groups is 2. The number of amides is 1. The van der Waals surface area contributed by atoms with E-state index in [9.17, 15) is 29.8 Å². The van der Waals surface area contributed by atoms with Crippen LogP contribution in [0.5, 0.6) is 5.75 Å². The van der Waals surface area contributed by atoms with Gasteiger partial charge < -0.3 is 10.1 Å². The highest BCUT2D eigenvalue weighted by Crippen LogP contribution is 2.24. The smallest absolute Gasteiger partial charge is 0.344 e. The number of non-ortho nitro benzene ring substituents is 2. The normalized spacial score (nSPS) is 10.6. The SMILES string of the molecule is CC(=O)Nc1cc(/C=C/c2ccc(OC(=O)c3cc([N+](=O)[O-])cc([N+](=O)[O-])c3)cc2)ccn1. The second kappa shape index (κ2) is 9.92. The molecular formula is C22H16N4O7. The molecule has 0 unspecified atom stereocenters. The number of hydrogen-bond donors (Lipinski definition) is 1. The standard InChI is InChI=1S/C22H16N4O7/c1-14(27)24-21-10-16(8-9-23-21)3-2-15-4-6-20(7-5-15)33-22(28)17-11-18(25(29)30)13-19(12-17)26(31)32/h2-13H,1H3,(H,23,24,27)/b3-2+. The van der Waals surface area contributed by atoms with Gasteiger partial charge in [-0.15, -0.1) is 0 Å². The molecule has 3 rings (SSSR count). The Bertz CT molecular complexity index is 1240. The van der Waals surface area contributed by atoms with Crippen molar-refractivity contribution in [3.63, 3.8) is 0 Å². The summed E-state index contributed by atoms with van der Waals surface area (Å²) < 4.78 is 5.18. The Labute approximate surface area is 186 Å². The molecule has 1 amide bonds. The van der Waals surface area contributed by atoms with E-state index >= 15 is 0 Å². The summed E-state index contributed by atoms with van der Waals surface area (Å²) >= 11 is 0. The van der Waals surface area contributed by atoms with E-state index in [1.54, 1.807) is 42.6 Å². The lowest BCUT2D eigenvalue weighted by atomic mass is 10.1. The highest BCUT2D eigenvalue weighted by Gasteiger charge is 2.21. The molecule has 1 aromatic heterocycles. The van der Waals surface area contributed by atoms with E-state index < -0.39 is 27.2 Å². The number of nitrogens with zero attached hydrogens (tertiary/aromatic N) is 3. The monoisotopic (exact) mass is 448 g/mol. The van der Waals surface area contributed by atoms with Crippen molar-refractivity contribution in [3.05, 3.63) is 97.7 Å². The predicted octanol–water partition coefficient (Wildman–Crippen LogP) is 4.25. The van der Waals surface area contributed by atoms with Gasteiger partial charge in [0.2, 0.25) is 5.91 Å². The molecule has 0 spiro atoms. The number of carbonyl (C=O) groups excluding carboxylic acids is 2. The van der Waals surface area contributed by atoms with Gasteiger partial charge in [0, 0.05) is 25.3 Å². The molecule has 166 valence electrons. The first-order chi connectivity index (χ1) is 15.7. The van der Waals surface area contributed by atoms with Gasteiger partial charge in [-0.1, -0.05) is 24.3 Å². The van der Waals surface area contributed by atoms with Crippen LogP contribution >= 0.6 is 0 Å². The minimum absolute atomic E-state index is 0.156. The number of carbonyl (C=O) groups is 2. The van der Waals surface area contributed by atoms with Crippen LogP contribution in [0.25, 0.3) is 12.2 Å². The van der Waals surface area contributed by atoms with Gasteiger partial charge in [0.1, 0.15) is 11.6 Å². The van der Waals surface area contributed by atoms with Crippen molar-refractivity contribution in [2.45, 2.75) is 6.92 Å². The number of rotatable bonds is 7. The summed E-state index contributed by atoms with van der Waals surface area (Å²) in [7, 11) is 0. The first kappa shape index (κ1) is 22.7. The van der Waals surface area contributed by atoms with E-state index in [-0.39, 0.29) is 17.2 Å². The zero-order valence-corrected chi connectivity index (χ0v) is 17.1. The number of ether oxygens (including phenoxy) is 1. The van der Waals surface area contributed by atoms with Crippen LogP contribution in [-0.2, 0) is 4.79 Å². The average Bonchev–Trinajstić information content (AvgIpc) is 2.78. The van der Waals surface area contributed by atoms with Crippen LogP contribution in [0.1, 0.15) is 28.4 Å². The number of pyridine rings is 1. The Kier molecular flexibility index (Phi) is 6.84. The summed E-state index contributed by atoms with van der Waals surface area (Å²) in [6.45, 7) is 1.39. The quantitative estimate of drug-likeness (QED) is 0.243. The fourth-order valence-corrected chi connectivity index (χ4v) is 2.73. The van der Waals surface area contributed by atoms with Crippen molar-refractivity contribution in [1.82, 2.24) is 4.98 Å². The molecular weight excluding hydrogens is 432 g/mol. The largest absolute Gasteiger partial charge is 0.423 e. The van der Waals surface area contributed by atoms with Crippen molar-refractivity contribution in [2.75, 3.05) is 5.32 Å². The van der Waals surface area contributed by atoms with Gasteiger partial charge >= 0.3 is 5.97 Å². The lowest BCUT2D eigenvalue weighted by Gasteiger charge is -2.05. The summed E-state index contributed by atoms with van der Waals surface area (Å²) in [5.41, 5.74) is 0.0894. The number of nitrogens with one attached hydrogen (secondary N) is 1. The number of esters is 1. The Morgan fingerprint density at radius 1 is 0.909 bits per heavy atom. The van der Waals surface area contributed by atoms with E-state index in [2.05, 4.69) is 10.3 Å². The fourth-order valence-electron chi connectivity index (χ4n) is 2.73.